The summed E-state index contributed by atoms with van der Waals surface area (Å²) in [5, 5.41) is 23.2. The first-order valence-corrected chi connectivity index (χ1v) is 35.4. The summed E-state index contributed by atoms with van der Waals surface area (Å²) in [4.78, 5) is 24.6. The molecule has 0 aromatic carbocycles. The van der Waals surface area contributed by atoms with E-state index in [1.807, 2.05) is 6.08 Å². The van der Waals surface area contributed by atoms with Crippen LogP contribution in [0, 0.1) is 0 Å². The van der Waals surface area contributed by atoms with Gasteiger partial charge in [0.1, 0.15) is 0 Å². The van der Waals surface area contributed by atoms with Gasteiger partial charge in [0, 0.05) is 12.8 Å². The number of esters is 1. The van der Waals surface area contributed by atoms with E-state index in [9.17, 15) is 19.8 Å². The zero-order chi connectivity index (χ0) is 57.1. The van der Waals surface area contributed by atoms with Crippen LogP contribution in [0.5, 0.6) is 0 Å². The Bertz CT molecular complexity index is 1320. The van der Waals surface area contributed by atoms with Gasteiger partial charge in [-0.25, -0.2) is 0 Å². The molecule has 3 N–H and O–H groups in total. The predicted octanol–water partition coefficient (Wildman–Crippen LogP) is 22.9. The molecule has 0 aliphatic rings. The number of aliphatic hydroxyl groups excluding tert-OH is 2. The van der Waals surface area contributed by atoms with E-state index in [2.05, 4.69) is 55.6 Å². The van der Waals surface area contributed by atoms with Crippen LogP contribution in [0.4, 0.5) is 0 Å². The largest absolute Gasteiger partial charge is 0.466 e. The minimum Gasteiger partial charge on any atom is -0.466 e. The first kappa shape index (κ1) is 76.8. The number of nitrogens with one attached hydrogen (secondary N) is 1. The van der Waals surface area contributed by atoms with Crippen molar-refractivity contribution in [3.05, 3.63) is 48.6 Å². The molecule has 1 amide bonds. The number of carbonyl (C=O) groups is 2. The Labute approximate surface area is 493 Å². The molecule has 0 rings (SSSR count). The fourth-order valence-corrected chi connectivity index (χ4v) is 10.9. The zero-order valence-corrected chi connectivity index (χ0v) is 53.1. The number of rotatable bonds is 66. The van der Waals surface area contributed by atoms with Gasteiger partial charge in [-0.05, 0) is 89.9 Å². The Hall–Kier alpha value is -2.18. The molecule has 79 heavy (non-hydrogen) atoms. The molecule has 0 spiro atoms. The summed E-state index contributed by atoms with van der Waals surface area (Å²) in [6.07, 6.45) is 89.0. The van der Waals surface area contributed by atoms with Crippen molar-refractivity contribution in [2.75, 3.05) is 13.2 Å². The van der Waals surface area contributed by atoms with Crippen molar-refractivity contribution in [2.45, 2.75) is 392 Å². The molecule has 0 saturated heterocycles. The standard InChI is InChI=1S/C73H137NO5/c1-3-5-7-9-11-13-15-17-19-34-37-41-45-49-53-57-61-65-71(76)70(69-75)74-72(77)66-62-58-54-50-46-42-38-35-32-30-28-26-24-22-21-23-25-27-29-31-33-36-40-44-48-52-56-60-64-68-79-73(78)67-63-59-55-51-47-43-39-20-18-16-14-12-10-8-6-4-2/h20-21,23,27,29,39,61,65,70-71,75-76H,3-19,22,24-26,28,30-38,40-60,62-64,66-69H2,1-2H3,(H,74,77)/b23-21-,29-27-,39-20-,65-61+. The lowest BCUT2D eigenvalue weighted by molar-refractivity contribution is -0.143. The van der Waals surface area contributed by atoms with Crippen molar-refractivity contribution in [1.29, 1.82) is 0 Å². The van der Waals surface area contributed by atoms with Crippen molar-refractivity contribution >= 4 is 11.9 Å². The van der Waals surface area contributed by atoms with E-state index < -0.39 is 12.1 Å². The normalized spacial score (nSPS) is 12.8. The molecule has 0 fully saturated rings. The van der Waals surface area contributed by atoms with E-state index in [0.29, 0.717) is 19.4 Å². The van der Waals surface area contributed by atoms with Crippen LogP contribution in [0.15, 0.2) is 48.6 Å². The van der Waals surface area contributed by atoms with Gasteiger partial charge in [0.15, 0.2) is 0 Å². The molecule has 464 valence electrons. The molecule has 0 aromatic rings. The van der Waals surface area contributed by atoms with Gasteiger partial charge in [0.05, 0.1) is 25.4 Å². The van der Waals surface area contributed by atoms with Gasteiger partial charge < -0.3 is 20.3 Å². The van der Waals surface area contributed by atoms with Gasteiger partial charge in [-0.3, -0.25) is 9.59 Å². The van der Waals surface area contributed by atoms with Crippen molar-refractivity contribution in [1.82, 2.24) is 5.32 Å². The summed E-state index contributed by atoms with van der Waals surface area (Å²) in [6, 6.07) is -0.630. The van der Waals surface area contributed by atoms with E-state index in [-0.39, 0.29) is 18.5 Å². The van der Waals surface area contributed by atoms with Gasteiger partial charge in [0.25, 0.3) is 0 Å². The fraction of sp³-hybridized carbons (Fsp3) is 0.863. The zero-order valence-electron chi connectivity index (χ0n) is 53.1. The number of ether oxygens (including phenoxy) is 1. The topological polar surface area (TPSA) is 95.9 Å². The van der Waals surface area contributed by atoms with Gasteiger partial charge in [-0.15, -0.1) is 0 Å². The number of amides is 1. The van der Waals surface area contributed by atoms with Crippen LogP contribution in [0.2, 0.25) is 0 Å². The lowest BCUT2D eigenvalue weighted by Gasteiger charge is -2.20. The van der Waals surface area contributed by atoms with Crippen LogP contribution in [-0.2, 0) is 14.3 Å². The van der Waals surface area contributed by atoms with E-state index in [0.717, 1.165) is 51.4 Å². The Morgan fingerprint density at radius 2 is 0.633 bits per heavy atom. The van der Waals surface area contributed by atoms with Crippen molar-refractivity contribution in [3.63, 3.8) is 0 Å². The average Bonchev–Trinajstić information content (AvgIpc) is 3.45. The van der Waals surface area contributed by atoms with E-state index in [4.69, 9.17) is 4.74 Å². The molecule has 0 bridgehead atoms. The number of hydrogen-bond donors (Lipinski definition) is 3. The van der Waals surface area contributed by atoms with E-state index in [1.165, 1.54) is 302 Å². The van der Waals surface area contributed by atoms with Crippen LogP contribution >= 0.6 is 0 Å². The van der Waals surface area contributed by atoms with Crippen molar-refractivity contribution in [2.24, 2.45) is 0 Å². The molecule has 2 atom stereocenters. The monoisotopic (exact) mass is 1110 g/mol. The number of hydrogen-bond acceptors (Lipinski definition) is 5. The SMILES string of the molecule is CCCCCCCCC/C=C\CCCCCCCC(=O)OCCCCCCCCCCC/C=C\C/C=C\CCCCCCCCCCCCCCCC(=O)NC(CO)C(O)/C=C/CCCCCCCCCCCCCCCCC. The molecule has 2 unspecified atom stereocenters. The number of aliphatic hydroxyl groups is 2. The third-order valence-electron chi connectivity index (χ3n) is 16.3. The highest BCUT2D eigenvalue weighted by Crippen LogP contribution is 2.18. The molecule has 6 nitrogen and oxygen atoms in total. The predicted molar refractivity (Wildman–Crippen MR) is 347 cm³/mol. The van der Waals surface area contributed by atoms with E-state index in [1.54, 1.807) is 6.08 Å². The quantitative estimate of drug-likeness (QED) is 0.0320. The molecule has 0 radical (unpaired) electrons. The second-order valence-corrected chi connectivity index (χ2v) is 24.2. The summed E-state index contributed by atoms with van der Waals surface area (Å²) in [5.41, 5.74) is 0. The maximum absolute atomic E-state index is 12.5. The average molecular weight is 1110 g/mol. The Morgan fingerprint density at radius 3 is 0.975 bits per heavy atom. The molecule has 0 aliphatic carbocycles. The Morgan fingerprint density at radius 1 is 0.354 bits per heavy atom. The van der Waals surface area contributed by atoms with Gasteiger partial charge >= 0.3 is 5.97 Å². The highest BCUT2D eigenvalue weighted by molar-refractivity contribution is 5.76. The number of carbonyl (C=O) groups excluding carboxylic acids is 2. The van der Waals surface area contributed by atoms with Gasteiger partial charge in [0.2, 0.25) is 5.91 Å². The maximum Gasteiger partial charge on any atom is 0.305 e. The summed E-state index contributed by atoms with van der Waals surface area (Å²) >= 11 is 0. The third-order valence-corrected chi connectivity index (χ3v) is 16.3. The second-order valence-electron chi connectivity index (χ2n) is 24.2. The van der Waals surface area contributed by atoms with Crippen molar-refractivity contribution in [3.8, 4) is 0 Å². The second kappa shape index (κ2) is 68.3. The summed E-state index contributed by atoms with van der Waals surface area (Å²) in [7, 11) is 0. The summed E-state index contributed by atoms with van der Waals surface area (Å²) in [5.74, 6) is -0.0624. The lowest BCUT2D eigenvalue weighted by Crippen LogP contribution is -2.45. The van der Waals surface area contributed by atoms with Gasteiger partial charge in [-0.1, -0.05) is 326 Å². The summed E-state index contributed by atoms with van der Waals surface area (Å²) in [6.45, 7) is 4.92. The van der Waals surface area contributed by atoms with Crippen LogP contribution < -0.4 is 5.32 Å². The molecular formula is C73H137NO5. The summed E-state index contributed by atoms with van der Waals surface area (Å²) < 4.78 is 5.49. The first-order chi connectivity index (χ1) is 39.0. The highest BCUT2D eigenvalue weighted by atomic mass is 16.5. The smallest absolute Gasteiger partial charge is 0.305 e. The molecule has 6 heteroatoms. The van der Waals surface area contributed by atoms with Crippen LogP contribution in [0.1, 0.15) is 380 Å². The Balaban J connectivity index is 3.42. The van der Waals surface area contributed by atoms with E-state index >= 15 is 0 Å². The lowest BCUT2D eigenvalue weighted by atomic mass is 10.0. The minimum atomic E-state index is -0.846. The van der Waals surface area contributed by atoms with Crippen molar-refractivity contribution < 1.29 is 24.5 Å². The molecule has 0 aliphatic heterocycles. The van der Waals surface area contributed by atoms with Crippen LogP contribution in [0.3, 0.4) is 0 Å². The van der Waals surface area contributed by atoms with Gasteiger partial charge in [-0.2, -0.15) is 0 Å². The van der Waals surface area contributed by atoms with Crippen LogP contribution in [-0.4, -0.2) is 47.4 Å². The van der Waals surface area contributed by atoms with Crippen LogP contribution in [0.25, 0.3) is 0 Å². The highest BCUT2D eigenvalue weighted by Gasteiger charge is 2.18. The fourth-order valence-electron chi connectivity index (χ4n) is 10.9. The molecule has 0 aromatic heterocycles. The maximum atomic E-state index is 12.5. The first-order valence-electron chi connectivity index (χ1n) is 35.4. The molecule has 0 saturated carbocycles. The number of allylic oxidation sites excluding steroid dienone is 7. The molecular weight excluding hydrogens is 971 g/mol. The molecule has 0 heterocycles. The number of unbranched alkanes of at least 4 members (excludes halogenated alkanes) is 49. The minimum absolute atomic E-state index is 0.00443. The third kappa shape index (κ3) is 64.8. The Kier molecular flexibility index (Phi) is 66.4.